The van der Waals surface area contributed by atoms with Gasteiger partial charge >= 0.3 is 0 Å². The Morgan fingerprint density at radius 1 is 1.30 bits per heavy atom. The zero-order valence-corrected chi connectivity index (χ0v) is 12.6. The Bertz CT molecular complexity index is 708. The number of pyridine rings is 1. The summed E-state index contributed by atoms with van der Waals surface area (Å²) in [7, 11) is 0. The molecular formula is C17H18FN3O2. The zero-order valence-electron chi connectivity index (χ0n) is 12.6. The molecule has 0 bridgehead atoms. The van der Waals surface area contributed by atoms with E-state index in [1.807, 2.05) is 17.0 Å². The van der Waals surface area contributed by atoms with E-state index in [2.05, 4.69) is 4.98 Å². The fourth-order valence-corrected chi connectivity index (χ4v) is 2.86. The molecule has 23 heavy (non-hydrogen) atoms. The molecule has 0 aliphatic carbocycles. The van der Waals surface area contributed by atoms with Gasteiger partial charge in [-0.15, -0.1) is 0 Å². The minimum atomic E-state index is -0.434. The second kappa shape index (κ2) is 6.75. The maximum atomic E-state index is 13.7. The van der Waals surface area contributed by atoms with E-state index < -0.39 is 5.82 Å². The van der Waals surface area contributed by atoms with Gasteiger partial charge in [-0.1, -0.05) is 18.2 Å². The third-order valence-electron chi connectivity index (χ3n) is 3.86. The fraction of sp³-hybridized carbons (Fsp3) is 0.294. The van der Waals surface area contributed by atoms with Crippen molar-refractivity contribution in [1.29, 1.82) is 0 Å². The number of hydrogen-bond donors (Lipinski definition) is 1. The highest BCUT2D eigenvalue weighted by molar-refractivity contribution is 5.76. The van der Waals surface area contributed by atoms with E-state index in [0.29, 0.717) is 5.88 Å². The van der Waals surface area contributed by atoms with Crippen LogP contribution in [-0.4, -0.2) is 28.9 Å². The Morgan fingerprint density at radius 2 is 2.13 bits per heavy atom. The lowest BCUT2D eigenvalue weighted by molar-refractivity contribution is -0.119. The average Bonchev–Trinajstić information content (AvgIpc) is 2.97. The third-order valence-corrected chi connectivity index (χ3v) is 3.86. The molecule has 5 nitrogen and oxygen atoms in total. The van der Waals surface area contributed by atoms with Gasteiger partial charge in [-0.05, 0) is 37.6 Å². The highest BCUT2D eigenvalue weighted by Crippen LogP contribution is 2.32. The van der Waals surface area contributed by atoms with Crippen LogP contribution in [0.25, 0.3) is 0 Å². The Kier molecular flexibility index (Phi) is 4.52. The van der Waals surface area contributed by atoms with Crippen LogP contribution in [0.5, 0.6) is 11.6 Å². The Morgan fingerprint density at radius 3 is 2.91 bits per heavy atom. The fourth-order valence-electron chi connectivity index (χ4n) is 2.86. The van der Waals surface area contributed by atoms with Gasteiger partial charge in [-0.25, -0.2) is 9.37 Å². The monoisotopic (exact) mass is 315 g/mol. The number of halogens is 1. The van der Waals surface area contributed by atoms with Gasteiger partial charge in [0.05, 0.1) is 18.3 Å². The van der Waals surface area contributed by atoms with Crippen molar-refractivity contribution in [3.05, 3.63) is 54.0 Å². The van der Waals surface area contributed by atoms with Gasteiger partial charge in [0.1, 0.15) is 0 Å². The summed E-state index contributed by atoms with van der Waals surface area (Å²) in [6, 6.07) is 11.6. The number of carbonyl (C=O) groups is 1. The summed E-state index contributed by atoms with van der Waals surface area (Å²) in [5.74, 6) is -0.317. The molecular weight excluding hydrogens is 297 g/mol. The van der Waals surface area contributed by atoms with Gasteiger partial charge < -0.3 is 10.5 Å². The standard InChI is InChI=1S/C17H18FN3O2/c18-12-5-1-2-8-15(12)23-17-9-3-6-13(20-17)14-7-4-10-21(14)11-16(19)22/h1-3,5-6,8-9,14H,4,7,10-11H2,(H2,19,22)/t14-/m1/s1. The topological polar surface area (TPSA) is 68.5 Å². The van der Waals surface area contributed by atoms with Crippen LogP contribution in [-0.2, 0) is 4.79 Å². The maximum Gasteiger partial charge on any atom is 0.231 e. The maximum absolute atomic E-state index is 13.7. The van der Waals surface area contributed by atoms with E-state index in [9.17, 15) is 9.18 Å². The quantitative estimate of drug-likeness (QED) is 0.921. The first-order chi connectivity index (χ1) is 11.1. The minimum absolute atomic E-state index is 0.0340. The molecule has 1 amide bonds. The van der Waals surface area contributed by atoms with E-state index in [-0.39, 0.29) is 24.2 Å². The van der Waals surface area contributed by atoms with Crippen LogP contribution in [0, 0.1) is 5.82 Å². The van der Waals surface area contributed by atoms with Crippen LogP contribution in [0.3, 0.4) is 0 Å². The van der Waals surface area contributed by atoms with Crippen LogP contribution in [0.1, 0.15) is 24.6 Å². The lowest BCUT2D eigenvalue weighted by atomic mass is 10.1. The second-order valence-corrected chi connectivity index (χ2v) is 5.53. The molecule has 0 unspecified atom stereocenters. The Labute approximate surface area is 133 Å². The lowest BCUT2D eigenvalue weighted by Crippen LogP contribution is -2.33. The van der Waals surface area contributed by atoms with Crippen molar-refractivity contribution < 1.29 is 13.9 Å². The number of rotatable bonds is 5. The number of likely N-dealkylation sites (tertiary alicyclic amines) is 1. The van der Waals surface area contributed by atoms with Crippen LogP contribution in [0.15, 0.2) is 42.5 Å². The number of primary amides is 1. The lowest BCUT2D eigenvalue weighted by Gasteiger charge is -2.22. The number of amides is 1. The molecule has 2 heterocycles. The van der Waals surface area contributed by atoms with Gasteiger partial charge in [0.25, 0.3) is 0 Å². The number of carbonyl (C=O) groups excluding carboxylic acids is 1. The SMILES string of the molecule is NC(=O)CN1CCC[C@@H]1c1cccc(Oc2ccccc2F)n1. The summed E-state index contributed by atoms with van der Waals surface area (Å²) in [4.78, 5) is 17.6. The first kappa shape index (κ1) is 15.4. The summed E-state index contributed by atoms with van der Waals surface area (Å²) in [5.41, 5.74) is 6.10. The van der Waals surface area contributed by atoms with Gasteiger partial charge in [-0.2, -0.15) is 0 Å². The van der Waals surface area contributed by atoms with Crippen molar-refractivity contribution in [2.45, 2.75) is 18.9 Å². The predicted octanol–water partition coefficient (Wildman–Crippen LogP) is 2.64. The summed E-state index contributed by atoms with van der Waals surface area (Å²) in [6.45, 7) is 1.03. The molecule has 0 radical (unpaired) electrons. The van der Waals surface area contributed by atoms with Gasteiger partial charge in [0.15, 0.2) is 11.6 Å². The Balaban J connectivity index is 1.80. The molecule has 1 aliphatic heterocycles. The van der Waals surface area contributed by atoms with E-state index in [4.69, 9.17) is 10.5 Å². The second-order valence-electron chi connectivity index (χ2n) is 5.53. The van der Waals surface area contributed by atoms with Crippen molar-refractivity contribution in [1.82, 2.24) is 9.88 Å². The normalized spacial score (nSPS) is 18.0. The molecule has 0 saturated carbocycles. The molecule has 1 atom stereocenters. The van der Waals surface area contributed by atoms with Crippen LogP contribution < -0.4 is 10.5 Å². The van der Waals surface area contributed by atoms with E-state index >= 15 is 0 Å². The van der Waals surface area contributed by atoms with Crippen LogP contribution >= 0.6 is 0 Å². The largest absolute Gasteiger partial charge is 0.436 e. The molecule has 3 rings (SSSR count). The number of nitrogens with two attached hydrogens (primary N) is 1. The first-order valence-electron chi connectivity index (χ1n) is 7.55. The van der Waals surface area contributed by atoms with E-state index in [0.717, 1.165) is 25.1 Å². The number of nitrogens with zero attached hydrogens (tertiary/aromatic N) is 2. The van der Waals surface area contributed by atoms with Crippen molar-refractivity contribution in [3.63, 3.8) is 0 Å². The summed E-state index contributed by atoms with van der Waals surface area (Å²) >= 11 is 0. The van der Waals surface area contributed by atoms with Crippen molar-refractivity contribution in [2.24, 2.45) is 5.73 Å². The van der Waals surface area contributed by atoms with Crippen LogP contribution in [0.2, 0.25) is 0 Å². The van der Waals surface area contributed by atoms with Crippen molar-refractivity contribution in [2.75, 3.05) is 13.1 Å². The molecule has 120 valence electrons. The van der Waals surface area contributed by atoms with E-state index in [1.165, 1.54) is 6.07 Å². The summed E-state index contributed by atoms with van der Waals surface area (Å²) in [5, 5.41) is 0. The number of ether oxygens (including phenoxy) is 1. The van der Waals surface area contributed by atoms with Gasteiger partial charge in [0.2, 0.25) is 11.8 Å². The van der Waals surface area contributed by atoms with Crippen LogP contribution in [0.4, 0.5) is 4.39 Å². The van der Waals surface area contributed by atoms with E-state index in [1.54, 1.807) is 24.3 Å². The third kappa shape index (κ3) is 3.65. The highest BCUT2D eigenvalue weighted by Gasteiger charge is 2.28. The molecule has 1 aliphatic rings. The average molecular weight is 315 g/mol. The van der Waals surface area contributed by atoms with Crippen molar-refractivity contribution >= 4 is 5.91 Å². The molecule has 1 fully saturated rings. The molecule has 1 aromatic heterocycles. The molecule has 6 heteroatoms. The summed E-state index contributed by atoms with van der Waals surface area (Å²) in [6.07, 6.45) is 1.89. The van der Waals surface area contributed by atoms with Crippen molar-refractivity contribution in [3.8, 4) is 11.6 Å². The first-order valence-corrected chi connectivity index (χ1v) is 7.55. The number of benzene rings is 1. The molecule has 0 spiro atoms. The summed E-state index contributed by atoms with van der Waals surface area (Å²) < 4.78 is 19.2. The molecule has 1 saturated heterocycles. The molecule has 2 aromatic rings. The molecule has 1 aromatic carbocycles. The number of hydrogen-bond acceptors (Lipinski definition) is 4. The minimum Gasteiger partial charge on any atom is -0.436 e. The number of aromatic nitrogens is 1. The number of para-hydroxylation sites is 1. The predicted molar refractivity (Wildman–Crippen MR) is 83.5 cm³/mol. The van der Waals surface area contributed by atoms with Gasteiger partial charge in [-0.3, -0.25) is 9.69 Å². The van der Waals surface area contributed by atoms with Gasteiger partial charge in [0, 0.05) is 6.07 Å². The zero-order chi connectivity index (χ0) is 16.2. The highest BCUT2D eigenvalue weighted by atomic mass is 19.1. The smallest absolute Gasteiger partial charge is 0.231 e. The Hall–Kier alpha value is -2.47. The molecule has 2 N–H and O–H groups in total.